The van der Waals surface area contributed by atoms with Crippen molar-refractivity contribution in [3.8, 4) is 5.75 Å². The van der Waals surface area contributed by atoms with E-state index in [-0.39, 0.29) is 30.4 Å². The van der Waals surface area contributed by atoms with Crippen molar-refractivity contribution >= 4 is 5.78 Å². The number of ether oxygens (including phenoxy) is 3. The number of benzene rings is 1. The maximum absolute atomic E-state index is 12.3. The summed E-state index contributed by atoms with van der Waals surface area (Å²) < 4.78 is 56.4. The molecule has 2 aromatic rings. The third-order valence-electron chi connectivity index (χ3n) is 4.29. The van der Waals surface area contributed by atoms with E-state index in [0.717, 1.165) is 19.4 Å². The van der Waals surface area contributed by atoms with Crippen LogP contribution in [0.25, 0.3) is 0 Å². The molecule has 0 amide bonds. The molecule has 0 N–H and O–H groups in total. The minimum Gasteiger partial charge on any atom is -0.406 e. The second-order valence-electron chi connectivity index (χ2n) is 6.56. The van der Waals surface area contributed by atoms with E-state index in [0.29, 0.717) is 30.3 Å². The molecular formula is C19H20F3NO5. The lowest BCUT2D eigenvalue weighted by molar-refractivity contribution is -0.274. The number of nitrogens with zero attached hydrogens (tertiary/aromatic N) is 1. The van der Waals surface area contributed by atoms with Crippen molar-refractivity contribution in [2.45, 2.75) is 38.8 Å². The van der Waals surface area contributed by atoms with Gasteiger partial charge >= 0.3 is 6.36 Å². The van der Waals surface area contributed by atoms with Gasteiger partial charge in [0.25, 0.3) is 0 Å². The third kappa shape index (κ3) is 6.35. The van der Waals surface area contributed by atoms with E-state index in [1.165, 1.54) is 24.3 Å². The molecule has 1 aromatic carbocycles. The lowest BCUT2D eigenvalue weighted by atomic mass is 10.00. The minimum atomic E-state index is -4.74. The highest BCUT2D eigenvalue weighted by Crippen LogP contribution is 2.24. The molecule has 152 valence electrons. The maximum atomic E-state index is 12.3. The third-order valence-corrected chi connectivity index (χ3v) is 4.29. The van der Waals surface area contributed by atoms with Crippen LogP contribution in [-0.2, 0) is 22.7 Å². The minimum absolute atomic E-state index is 0.0428. The Kier molecular flexibility index (Phi) is 6.69. The van der Waals surface area contributed by atoms with Gasteiger partial charge in [0.1, 0.15) is 18.1 Å². The van der Waals surface area contributed by atoms with E-state index in [1.807, 2.05) is 0 Å². The van der Waals surface area contributed by atoms with Crippen LogP contribution in [0.15, 0.2) is 34.9 Å². The largest absolute Gasteiger partial charge is 0.573 e. The van der Waals surface area contributed by atoms with Gasteiger partial charge < -0.3 is 18.7 Å². The van der Waals surface area contributed by atoms with Crippen LogP contribution in [0.3, 0.4) is 0 Å². The highest BCUT2D eigenvalue weighted by atomic mass is 19.4. The van der Waals surface area contributed by atoms with Crippen LogP contribution in [0.2, 0.25) is 0 Å². The number of alkyl halides is 3. The molecule has 2 heterocycles. The molecule has 28 heavy (non-hydrogen) atoms. The first-order valence-corrected chi connectivity index (χ1v) is 8.88. The second-order valence-corrected chi connectivity index (χ2v) is 6.56. The quantitative estimate of drug-likeness (QED) is 0.586. The number of hydrogen-bond donors (Lipinski definition) is 0. The summed E-state index contributed by atoms with van der Waals surface area (Å²) in [6.07, 6.45) is -2.63. The number of halogens is 3. The van der Waals surface area contributed by atoms with Crippen molar-refractivity contribution in [3.05, 3.63) is 47.3 Å². The predicted octanol–water partition coefficient (Wildman–Crippen LogP) is 4.29. The molecule has 1 saturated heterocycles. The first kappa shape index (κ1) is 20.3. The monoisotopic (exact) mass is 399 g/mol. The molecule has 3 rings (SSSR count). The Morgan fingerprint density at radius 2 is 2.11 bits per heavy atom. The summed E-state index contributed by atoms with van der Waals surface area (Å²) in [4.78, 5) is 12.2. The summed E-state index contributed by atoms with van der Waals surface area (Å²) in [6.45, 7) is 1.54. The highest BCUT2D eigenvalue weighted by Gasteiger charge is 2.31. The summed E-state index contributed by atoms with van der Waals surface area (Å²) in [5, 5.41) is 3.76. The molecule has 1 fully saturated rings. The van der Waals surface area contributed by atoms with Crippen molar-refractivity contribution in [2.24, 2.45) is 5.92 Å². The van der Waals surface area contributed by atoms with Crippen molar-refractivity contribution in [2.75, 3.05) is 13.2 Å². The summed E-state index contributed by atoms with van der Waals surface area (Å²) >= 11 is 0. The van der Waals surface area contributed by atoms with Gasteiger partial charge in [0.05, 0.1) is 6.61 Å². The van der Waals surface area contributed by atoms with Gasteiger partial charge in [-0.15, -0.1) is 13.2 Å². The molecule has 6 nitrogen and oxygen atoms in total. The highest BCUT2D eigenvalue weighted by molar-refractivity contribution is 5.94. The van der Waals surface area contributed by atoms with Crippen molar-refractivity contribution in [3.63, 3.8) is 0 Å². The van der Waals surface area contributed by atoms with E-state index in [9.17, 15) is 18.0 Å². The number of carbonyl (C=O) groups is 1. The molecule has 0 bridgehead atoms. The van der Waals surface area contributed by atoms with E-state index in [1.54, 1.807) is 6.07 Å². The Balaban J connectivity index is 1.44. The second kappa shape index (κ2) is 9.20. The Morgan fingerprint density at radius 3 is 2.86 bits per heavy atom. The number of carbonyl (C=O) groups excluding carboxylic acids is 1. The summed E-state index contributed by atoms with van der Waals surface area (Å²) in [7, 11) is 0. The number of aromatic nitrogens is 1. The average Bonchev–Trinajstić information content (AvgIpc) is 3.30. The Bertz CT molecular complexity index is 784. The molecule has 1 aliphatic rings. The van der Waals surface area contributed by atoms with Crippen LogP contribution in [0.1, 0.15) is 41.1 Å². The SMILES string of the molecule is O=C(CCC1CCOC1)c1cc(COCc2cccc(OC(F)(F)F)c2)on1. The van der Waals surface area contributed by atoms with Gasteiger partial charge in [0.15, 0.2) is 11.5 Å². The number of rotatable bonds is 9. The van der Waals surface area contributed by atoms with Gasteiger partial charge in [-0.3, -0.25) is 4.79 Å². The zero-order valence-corrected chi connectivity index (χ0v) is 15.0. The van der Waals surface area contributed by atoms with Gasteiger partial charge in [0.2, 0.25) is 0 Å². The van der Waals surface area contributed by atoms with Crippen LogP contribution >= 0.6 is 0 Å². The summed E-state index contributed by atoms with van der Waals surface area (Å²) in [6, 6.07) is 7.04. The van der Waals surface area contributed by atoms with Crippen molar-refractivity contribution in [1.29, 1.82) is 0 Å². The molecule has 0 aliphatic carbocycles. The molecular weight excluding hydrogens is 379 g/mol. The Morgan fingerprint density at radius 1 is 1.25 bits per heavy atom. The molecule has 1 aromatic heterocycles. The topological polar surface area (TPSA) is 70.8 Å². The van der Waals surface area contributed by atoms with Gasteiger partial charge in [0, 0.05) is 25.7 Å². The predicted molar refractivity (Wildman–Crippen MR) is 90.6 cm³/mol. The van der Waals surface area contributed by atoms with Crippen LogP contribution in [0.5, 0.6) is 5.75 Å². The average molecular weight is 399 g/mol. The fourth-order valence-electron chi connectivity index (χ4n) is 2.89. The smallest absolute Gasteiger partial charge is 0.406 e. The fourth-order valence-corrected chi connectivity index (χ4v) is 2.89. The maximum Gasteiger partial charge on any atom is 0.573 e. The summed E-state index contributed by atoms with van der Waals surface area (Å²) in [5.41, 5.74) is 0.759. The molecule has 1 aliphatic heterocycles. The van der Waals surface area contributed by atoms with Gasteiger partial charge in [-0.1, -0.05) is 17.3 Å². The zero-order chi connectivity index (χ0) is 20.0. The van der Waals surface area contributed by atoms with Crippen LogP contribution in [0.4, 0.5) is 13.2 Å². The van der Waals surface area contributed by atoms with Gasteiger partial charge in [-0.2, -0.15) is 0 Å². The Hall–Kier alpha value is -2.39. The van der Waals surface area contributed by atoms with Crippen LogP contribution in [0, 0.1) is 5.92 Å². The number of hydrogen-bond acceptors (Lipinski definition) is 6. The lowest BCUT2D eigenvalue weighted by Gasteiger charge is -2.10. The molecule has 0 saturated carbocycles. The summed E-state index contributed by atoms with van der Waals surface area (Å²) in [5.74, 6) is 0.374. The number of Topliss-reactive ketones (excluding diaryl/α,β-unsaturated/α-hetero) is 1. The molecule has 0 spiro atoms. The van der Waals surface area contributed by atoms with Gasteiger partial charge in [-0.25, -0.2) is 0 Å². The van der Waals surface area contributed by atoms with Crippen molar-refractivity contribution in [1.82, 2.24) is 5.16 Å². The van der Waals surface area contributed by atoms with E-state index < -0.39 is 6.36 Å². The lowest BCUT2D eigenvalue weighted by Crippen LogP contribution is -2.17. The zero-order valence-electron chi connectivity index (χ0n) is 15.0. The first-order chi connectivity index (χ1) is 13.4. The Labute approximate surface area is 159 Å². The van der Waals surface area contributed by atoms with Gasteiger partial charge in [-0.05, 0) is 36.5 Å². The van der Waals surface area contributed by atoms with E-state index >= 15 is 0 Å². The molecule has 0 radical (unpaired) electrons. The van der Waals surface area contributed by atoms with E-state index in [2.05, 4.69) is 9.89 Å². The first-order valence-electron chi connectivity index (χ1n) is 8.88. The van der Waals surface area contributed by atoms with Crippen LogP contribution < -0.4 is 4.74 Å². The fraction of sp³-hybridized carbons (Fsp3) is 0.474. The number of ketones is 1. The molecule has 9 heteroatoms. The molecule has 1 atom stereocenters. The normalized spacial score (nSPS) is 17.0. The molecule has 1 unspecified atom stereocenters. The van der Waals surface area contributed by atoms with Crippen molar-refractivity contribution < 1.29 is 36.7 Å². The van der Waals surface area contributed by atoms with E-state index in [4.69, 9.17) is 14.0 Å². The van der Waals surface area contributed by atoms with Crippen LogP contribution in [-0.4, -0.2) is 30.5 Å². The standard InChI is InChI=1S/C19H20F3NO5/c20-19(21,22)27-15-3-1-2-14(8-15)11-26-12-16-9-17(23-28-16)18(24)5-4-13-6-7-25-10-13/h1-3,8-9,13H,4-7,10-12H2.